The molecule has 0 spiro atoms. The van der Waals surface area contributed by atoms with Gasteiger partial charge in [-0.25, -0.2) is 4.98 Å². The first-order valence-electron chi connectivity index (χ1n) is 6.13. The molecule has 3 heteroatoms. The van der Waals surface area contributed by atoms with Gasteiger partial charge in [0, 0.05) is 18.3 Å². The predicted molar refractivity (Wildman–Crippen MR) is 69.2 cm³/mol. The van der Waals surface area contributed by atoms with Crippen LogP contribution in [0.1, 0.15) is 19.4 Å². The Hall–Kier alpha value is -1.77. The van der Waals surface area contributed by atoms with Crippen molar-refractivity contribution < 1.29 is 0 Å². The molecule has 2 heterocycles. The fraction of sp³-hybridized carbons (Fsp3) is 0.357. The summed E-state index contributed by atoms with van der Waals surface area (Å²) in [6.45, 7) is 5.33. The van der Waals surface area contributed by atoms with E-state index < -0.39 is 0 Å². The van der Waals surface area contributed by atoms with Crippen LogP contribution in [0.25, 0.3) is 0 Å². The van der Waals surface area contributed by atoms with E-state index in [0.717, 1.165) is 18.1 Å². The molecule has 88 valence electrons. The van der Waals surface area contributed by atoms with Gasteiger partial charge in [0.1, 0.15) is 5.82 Å². The summed E-state index contributed by atoms with van der Waals surface area (Å²) in [5.74, 6) is 2.11. The molecular formula is C14H17N3. The molecule has 0 bridgehead atoms. The van der Waals surface area contributed by atoms with Gasteiger partial charge in [-0.2, -0.15) is 0 Å². The van der Waals surface area contributed by atoms with E-state index in [2.05, 4.69) is 47.7 Å². The summed E-state index contributed by atoms with van der Waals surface area (Å²) in [5.41, 5.74) is 3.57. The molecule has 2 aliphatic rings. The first-order valence-corrected chi connectivity index (χ1v) is 6.13. The zero-order valence-electron chi connectivity index (χ0n) is 10.2. The fourth-order valence-corrected chi connectivity index (χ4v) is 2.28. The van der Waals surface area contributed by atoms with Crippen molar-refractivity contribution in [3.8, 4) is 0 Å². The van der Waals surface area contributed by atoms with Crippen molar-refractivity contribution >= 4 is 5.82 Å². The lowest BCUT2D eigenvalue weighted by atomic mass is 9.89. The van der Waals surface area contributed by atoms with Crippen molar-refractivity contribution in [3.63, 3.8) is 0 Å². The third-order valence-electron chi connectivity index (χ3n) is 3.59. The highest BCUT2D eigenvalue weighted by Crippen LogP contribution is 2.29. The minimum atomic E-state index is 0.563. The maximum atomic E-state index is 4.40. The maximum Gasteiger partial charge on any atom is 0.135 e. The zero-order valence-corrected chi connectivity index (χ0v) is 10.2. The Morgan fingerprint density at radius 1 is 1.18 bits per heavy atom. The molecule has 1 aromatic rings. The highest BCUT2D eigenvalue weighted by molar-refractivity contribution is 5.56. The molecule has 2 N–H and O–H groups in total. The van der Waals surface area contributed by atoms with Gasteiger partial charge in [-0.3, -0.25) is 0 Å². The Balaban J connectivity index is 2.00. The van der Waals surface area contributed by atoms with Gasteiger partial charge in [0.25, 0.3) is 0 Å². The number of hydrogen-bond donors (Lipinski definition) is 2. The largest absolute Gasteiger partial charge is 0.379 e. The molecule has 1 aliphatic heterocycles. The van der Waals surface area contributed by atoms with Crippen molar-refractivity contribution in [1.82, 2.24) is 10.3 Å². The first-order chi connectivity index (χ1) is 8.24. The molecule has 17 heavy (non-hydrogen) atoms. The monoisotopic (exact) mass is 227 g/mol. The maximum absolute atomic E-state index is 4.40. The first kappa shape index (κ1) is 10.4. The van der Waals surface area contributed by atoms with Crippen LogP contribution in [0.3, 0.4) is 0 Å². The van der Waals surface area contributed by atoms with Crippen LogP contribution in [-0.4, -0.2) is 4.98 Å². The van der Waals surface area contributed by atoms with E-state index in [1.165, 1.54) is 11.3 Å². The SMILES string of the molecule is CC1C=C2NCc3cccnc3NC2=CC1C. The molecule has 0 aromatic carbocycles. The molecule has 1 aromatic heterocycles. The smallest absolute Gasteiger partial charge is 0.135 e. The molecule has 0 amide bonds. The summed E-state index contributed by atoms with van der Waals surface area (Å²) >= 11 is 0. The average Bonchev–Trinajstić information content (AvgIpc) is 2.49. The molecule has 2 atom stereocenters. The molecule has 0 saturated heterocycles. The van der Waals surface area contributed by atoms with Gasteiger partial charge in [0.05, 0.1) is 11.4 Å². The van der Waals surface area contributed by atoms with Crippen LogP contribution in [0.5, 0.6) is 0 Å². The lowest BCUT2D eigenvalue weighted by Gasteiger charge is -2.23. The summed E-state index contributed by atoms with van der Waals surface area (Å²) in [4.78, 5) is 4.40. The number of anilines is 1. The van der Waals surface area contributed by atoms with Crippen molar-refractivity contribution in [1.29, 1.82) is 0 Å². The van der Waals surface area contributed by atoms with Gasteiger partial charge < -0.3 is 10.6 Å². The molecule has 0 fully saturated rings. The second kappa shape index (κ2) is 3.91. The van der Waals surface area contributed by atoms with E-state index in [9.17, 15) is 0 Å². The van der Waals surface area contributed by atoms with E-state index in [1.807, 2.05) is 12.3 Å². The van der Waals surface area contributed by atoms with Crippen LogP contribution in [0.2, 0.25) is 0 Å². The van der Waals surface area contributed by atoms with Crippen molar-refractivity contribution in [2.24, 2.45) is 11.8 Å². The third-order valence-corrected chi connectivity index (χ3v) is 3.59. The van der Waals surface area contributed by atoms with Crippen LogP contribution in [-0.2, 0) is 6.54 Å². The number of hydrogen-bond acceptors (Lipinski definition) is 3. The lowest BCUT2D eigenvalue weighted by molar-refractivity contribution is 0.537. The number of aromatic nitrogens is 1. The second-order valence-corrected chi connectivity index (χ2v) is 4.87. The van der Waals surface area contributed by atoms with Crippen LogP contribution in [0.15, 0.2) is 41.9 Å². The highest BCUT2D eigenvalue weighted by Gasteiger charge is 2.21. The van der Waals surface area contributed by atoms with Crippen molar-refractivity contribution in [2.75, 3.05) is 5.32 Å². The fourth-order valence-electron chi connectivity index (χ4n) is 2.28. The minimum Gasteiger partial charge on any atom is -0.379 e. The molecule has 3 rings (SSSR count). The van der Waals surface area contributed by atoms with Crippen LogP contribution in [0.4, 0.5) is 5.82 Å². The number of rotatable bonds is 0. The normalized spacial score (nSPS) is 26.5. The second-order valence-electron chi connectivity index (χ2n) is 4.87. The number of nitrogens with one attached hydrogen (secondary N) is 2. The highest BCUT2D eigenvalue weighted by atomic mass is 15.1. The molecule has 0 radical (unpaired) electrons. The quantitative estimate of drug-likeness (QED) is 0.715. The van der Waals surface area contributed by atoms with Crippen LogP contribution in [0, 0.1) is 11.8 Å². The summed E-state index contributed by atoms with van der Waals surface area (Å²) in [6.07, 6.45) is 6.42. The summed E-state index contributed by atoms with van der Waals surface area (Å²) < 4.78 is 0. The van der Waals surface area contributed by atoms with E-state index in [0.29, 0.717) is 11.8 Å². The summed E-state index contributed by atoms with van der Waals surface area (Å²) in [5, 5.41) is 6.91. The number of fused-ring (bicyclic) bond motifs is 2. The van der Waals surface area contributed by atoms with Crippen LogP contribution < -0.4 is 10.6 Å². The Morgan fingerprint density at radius 3 is 2.76 bits per heavy atom. The van der Waals surface area contributed by atoms with Gasteiger partial charge in [-0.1, -0.05) is 32.1 Å². The lowest BCUT2D eigenvalue weighted by Crippen LogP contribution is -2.21. The summed E-state index contributed by atoms with van der Waals surface area (Å²) in [7, 11) is 0. The van der Waals surface area contributed by atoms with E-state index in [-0.39, 0.29) is 0 Å². The van der Waals surface area contributed by atoms with Gasteiger partial charge in [0.15, 0.2) is 0 Å². The average molecular weight is 227 g/mol. The van der Waals surface area contributed by atoms with Crippen molar-refractivity contribution in [3.05, 3.63) is 47.4 Å². The Kier molecular flexibility index (Phi) is 2.39. The molecule has 0 saturated carbocycles. The van der Waals surface area contributed by atoms with E-state index >= 15 is 0 Å². The Labute approximate surface area is 102 Å². The number of allylic oxidation sites excluding steroid dienone is 2. The minimum absolute atomic E-state index is 0.563. The molecule has 1 aliphatic carbocycles. The zero-order chi connectivity index (χ0) is 11.8. The number of nitrogens with zero attached hydrogens (tertiary/aromatic N) is 1. The predicted octanol–water partition coefficient (Wildman–Crippen LogP) is 2.65. The van der Waals surface area contributed by atoms with Crippen LogP contribution >= 0.6 is 0 Å². The van der Waals surface area contributed by atoms with Crippen molar-refractivity contribution in [2.45, 2.75) is 20.4 Å². The topological polar surface area (TPSA) is 37.0 Å². The van der Waals surface area contributed by atoms with Gasteiger partial charge in [-0.05, 0) is 17.9 Å². The van der Waals surface area contributed by atoms with Gasteiger partial charge in [-0.15, -0.1) is 0 Å². The Morgan fingerprint density at radius 2 is 1.94 bits per heavy atom. The third kappa shape index (κ3) is 1.82. The van der Waals surface area contributed by atoms with Gasteiger partial charge >= 0.3 is 0 Å². The standard InChI is InChI=1S/C14H17N3/c1-9-6-12-13(7-10(9)2)17-14-11(8-16-12)4-3-5-15-14/h3-7,9-10,16H,8H2,1-2H3,(H,15,17). The molecular weight excluding hydrogens is 210 g/mol. The molecule has 2 unspecified atom stereocenters. The number of pyridine rings is 1. The van der Waals surface area contributed by atoms with Gasteiger partial charge in [0.2, 0.25) is 0 Å². The summed E-state index contributed by atoms with van der Waals surface area (Å²) in [6, 6.07) is 4.08. The van der Waals surface area contributed by atoms with E-state index in [1.54, 1.807) is 0 Å². The van der Waals surface area contributed by atoms with E-state index in [4.69, 9.17) is 0 Å². The Bertz CT molecular complexity index is 502. The molecule has 3 nitrogen and oxygen atoms in total.